The molecule has 0 aliphatic carbocycles. The number of terminal acetylenes is 1. The lowest BCUT2D eigenvalue weighted by molar-refractivity contribution is 0.117. The second kappa shape index (κ2) is 4.15. The van der Waals surface area contributed by atoms with Gasteiger partial charge in [-0.15, -0.1) is 6.42 Å². The van der Waals surface area contributed by atoms with Crippen molar-refractivity contribution in [2.24, 2.45) is 0 Å². The number of hydrogen-bond donors (Lipinski definition) is 0. The van der Waals surface area contributed by atoms with Gasteiger partial charge in [-0.1, -0.05) is 5.92 Å². The summed E-state index contributed by atoms with van der Waals surface area (Å²) in [6.45, 7) is 1.92. The van der Waals surface area contributed by atoms with Gasteiger partial charge >= 0.3 is 6.09 Å². The Bertz CT molecular complexity index is 234. The van der Waals surface area contributed by atoms with Gasteiger partial charge in [0, 0.05) is 13.6 Å². The molecule has 0 spiro atoms. The summed E-state index contributed by atoms with van der Waals surface area (Å²) < 4.78 is 5.07. The fourth-order valence-corrected chi connectivity index (χ4v) is 1.31. The van der Waals surface area contributed by atoms with Gasteiger partial charge in [0.2, 0.25) is 0 Å². The number of cyclic esters (lactones) is 1. The second-order valence-corrected chi connectivity index (χ2v) is 3.29. The average Bonchev–Trinajstić information content (AvgIpc) is 2.31. The third-order valence-corrected chi connectivity index (χ3v) is 1.93. The van der Waals surface area contributed by atoms with E-state index in [9.17, 15) is 4.79 Å². The van der Waals surface area contributed by atoms with Crippen molar-refractivity contribution in [2.45, 2.75) is 6.10 Å². The van der Waals surface area contributed by atoms with Gasteiger partial charge in [0.25, 0.3) is 0 Å². The van der Waals surface area contributed by atoms with Crippen LogP contribution in [0.2, 0.25) is 0 Å². The summed E-state index contributed by atoms with van der Waals surface area (Å²) in [5.74, 6) is 2.54. The van der Waals surface area contributed by atoms with E-state index >= 15 is 0 Å². The molecule has 1 rings (SSSR count). The normalized spacial score (nSPS) is 21.8. The van der Waals surface area contributed by atoms with Crippen molar-refractivity contribution < 1.29 is 9.53 Å². The first-order valence-corrected chi connectivity index (χ1v) is 4.17. The zero-order valence-corrected chi connectivity index (χ0v) is 7.99. The van der Waals surface area contributed by atoms with E-state index in [-0.39, 0.29) is 12.2 Å². The lowest BCUT2D eigenvalue weighted by Crippen LogP contribution is -2.31. The number of likely N-dealkylation sites (N-methyl/N-ethyl adjacent to an activating group) is 2. The van der Waals surface area contributed by atoms with Crippen LogP contribution in [0, 0.1) is 12.3 Å². The third kappa shape index (κ3) is 2.63. The Morgan fingerprint density at radius 3 is 3.00 bits per heavy atom. The van der Waals surface area contributed by atoms with E-state index in [1.54, 1.807) is 11.9 Å². The lowest BCUT2D eigenvalue weighted by Gasteiger charge is -2.16. The highest BCUT2D eigenvalue weighted by molar-refractivity contribution is 5.69. The molecule has 0 aromatic carbocycles. The van der Waals surface area contributed by atoms with Gasteiger partial charge in [-0.2, -0.15) is 0 Å². The molecule has 0 saturated carbocycles. The number of amides is 1. The topological polar surface area (TPSA) is 32.8 Å². The van der Waals surface area contributed by atoms with Crippen molar-refractivity contribution in [1.82, 2.24) is 9.80 Å². The van der Waals surface area contributed by atoms with Crippen LogP contribution >= 0.6 is 0 Å². The fourth-order valence-electron chi connectivity index (χ4n) is 1.31. The molecule has 4 heteroatoms. The van der Waals surface area contributed by atoms with Gasteiger partial charge in [-0.25, -0.2) is 4.79 Å². The largest absolute Gasteiger partial charge is 0.443 e. The molecule has 0 aromatic rings. The Labute approximate surface area is 78.4 Å². The summed E-state index contributed by atoms with van der Waals surface area (Å²) in [6.07, 6.45) is 4.85. The molecule has 13 heavy (non-hydrogen) atoms. The minimum absolute atomic E-state index is 0.0455. The zero-order valence-electron chi connectivity index (χ0n) is 7.99. The fraction of sp³-hybridized carbons (Fsp3) is 0.667. The van der Waals surface area contributed by atoms with Crippen LogP contribution in [0.15, 0.2) is 0 Å². The Kier molecular flexibility index (Phi) is 3.15. The first kappa shape index (κ1) is 9.87. The molecule has 1 atom stereocenters. The van der Waals surface area contributed by atoms with Gasteiger partial charge in [0.15, 0.2) is 0 Å². The minimum atomic E-state index is -0.251. The molecule has 1 fully saturated rings. The molecule has 1 unspecified atom stereocenters. The quantitative estimate of drug-likeness (QED) is 0.576. The molecular weight excluding hydrogens is 168 g/mol. The molecular formula is C9H14N2O2. The molecule has 0 radical (unpaired) electrons. The van der Waals surface area contributed by atoms with E-state index in [1.807, 2.05) is 11.9 Å². The van der Waals surface area contributed by atoms with Gasteiger partial charge < -0.3 is 9.64 Å². The van der Waals surface area contributed by atoms with E-state index in [0.29, 0.717) is 19.6 Å². The summed E-state index contributed by atoms with van der Waals surface area (Å²) in [4.78, 5) is 14.5. The maximum absolute atomic E-state index is 11.0. The average molecular weight is 182 g/mol. The van der Waals surface area contributed by atoms with Crippen LogP contribution < -0.4 is 0 Å². The van der Waals surface area contributed by atoms with Crippen molar-refractivity contribution in [3.63, 3.8) is 0 Å². The van der Waals surface area contributed by atoms with Crippen LogP contribution in [-0.2, 0) is 4.74 Å². The standard InChI is InChI=1S/C9H14N2O2/c1-4-5-10(2)6-8-7-11(3)9(12)13-8/h1,8H,5-7H2,2-3H3. The van der Waals surface area contributed by atoms with E-state index in [4.69, 9.17) is 11.2 Å². The predicted molar refractivity (Wildman–Crippen MR) is 49.2 cm³/mol. The number of ether oxygens (including phenoxy) is 1. The summed E-state index contributed by atoms with van der Waals surface area (Å²) in [5, 5.41) is 0. The molecule has 0 bridgehead atoms. The first-order valence-electron chi connectivity index (χ1n) is 4.17. The number of nitrogens with zero attached hydrogens (tertiary/aromatic N) is 2. The summed E-state index contributed by atoms with van der Waals surface area (Å²) in [7, 11) is 3.63. The third-order valence-electron chi connectivity index (χ3n) is 1.93. The maximum Gasteiger partial charge on any atom is 0.410 e. The summed E-state index contributed by atoms with van der Waals surface area (Å²) in [5.41, 5.74) is 0. The maximum atomic E-state index is 11.0. The van der Waals surface area contributed by atoms with E-state index in [2.05, 4.69) is 5.92 Å². The Balaban J connectivity index is 2.32. The number of hydrogen-bond acceptors (Lipinski definition) is 3. The summed E-state index contributed by atoms with van der Waals surface area (Å²) in [6, 6.07) is 0. The molecule has 1 saturated heterocycles. The van der Waals surface area contributed by atoms with Gasteiger partial charge in [0.05, 0.1) is 13.1 Å². The molecule has 4 nitrogen and oxygen atoms in total. The predicted octanol–water partition coefficient (Wildman–Crippen LogP) is 0.00200. The zero-order chi connectivity index (χ0) is 9.84. The van der Waals surface area contributed by atoms with Crippen LogP contribution in [0.5, 0.6) is 0 Å². The minimum Gasteiger partial charge on any atom is -0.443 e. The highest BCUT2D eigenvalue weighted by Gasteiger charge is 2.28. The van der Waals surface area contributed by atoms with Crippen LogP contribution in [0.1, 0.15) is 0 Å². The van der Waals surface area contributed by atoms with E-state index in [1.165, 1.54) is 0 Å². The molecule has 1 heterocycles. The Morgan fingerprint density at radius 1 is 1.85 bits per heavy atom. The van der Waals surface area contributed by atoms with Crippen molar-refractivity contribution in [1.29, 1.82) is 0 Å². The van der Waals surface area contributed by atoms with Crippen molar-refractivity contribution >= 4 is 6.09 Å². The SMILES string of the molecule is C#CCN(C)CC1CN(C)C(=O)O1. The molecule has 1 amide bonds. The highest BCUT2D eigenvalue weighted by Crippen LogP contribution is 2.09. The molecule has 0 aromatic heterocycles. The number of carbonyl (C=O) groups is 1. The Hall–Kier alpha value is -1.21. The van der Waals surface area contributed by atoms with Crippen molar-refractivity contribution in [3.8, 4) is 12.3 Å². The molecule has 1 aliphatic rings. The monoisotopic (exact) mass is 182 g/mol. The van der Waals surface area contributed by atoms with Crippen LogP contribution in [0.3, 0.4) is 0 Å². The second-order valence-electron chi connectivity index (χ2n) is 3.29. The lowest BCUT2D eigenvalue weighted by atomic mass is 10.3. The Morgan fingerprint density at radius 2 is 2.54 bits per heavy atom. The van der Waals surface area contributed by atoms with Crippen LogP contribution in [0.25, 0.3) is 0 Å². The van der Waals surface area contributed by atoms with E-state index < -0.39 is 0 Å². The highest BCUT2D eigenvalue weighted by atomic mass is 16.6. The first-order chi connectivity index (χ1) is 6.13. The van der Waals surface area contributed by atoms with Gasteiger partial charge in [0.1, 0.15) is 6.10 Å². The number of carbonyl (C=O) groups excluding carboxylic acids is 1. The summed E-state index contributed by atoms with van der Waals surface area (Å²) >= 11 is 0. The molecule has 72 valence electrons. The van der Waals surface area contributed by atoms with E-state index in [0.717, 1.165) is 0 Å². The van der Waals surface area contributed by atoms with Crippen LogP contribution in [-0.4, -0.2) is 55.7 Å². The van der Waals surface area contributed by atoms with Gasteiger partial charge in [-0.05, 0) is 7.05 Å². The molecule has 1 aliphatic heterocycles. The number of rotatable bonds is 3. The molecule has 0 N–H and O–H groups in total. The smallest absolute Gasteiger partial charge is 0.410 e. The van der Waals surface area contributed by atoms with Crippen molar-refractivity contribution in [2.75, 3.05) is 33.7 Å². The van der Waals surface area contributed by atoms with Crippen molar-refractivity contribution in [3.05, 3.63) is 0 Å². The van der Waals surface area contributed by atoms with Crippen LogP contribution in [0.4, 0.5) is 4.79 Å². The van der Waals surface area contributed by atoms with Gasteiger partial charge in [-0.3, -0.25) is 4.90 Å².